The highest BCUT2D eigenvalue weighted by Crippen LogP contribution is 2.23. The van der Waals surface area contributed by atoms with Crippen LogP contribution in [-0.4, -0.2) is 28.7 Å². The molecule has 0 fully saturated rings. The fourth-order valence-corrected chi connectivity index (χ4v) is 2.23. The van der Waals surface area contributed by atoms with E-state index < -0.39 is 13.0 Å². The van der Waals surface area contributed by atoms with Gasteiger partial charge in [-0.05, 0) is 24.8 Å². The van der Waals surface area contributed by atoms with Crippen LogP contribution in [0.1, 0.15) is 17.7 Å². The van der Waals surface area contributed by atoms with Crippen LogP contribution >= 0.6 is 0 Å². The van der Waals surface area contributed by atoms with E-state index in [2.05, 4.69) is 10.4 Å². The Balaban J connectivity index is 2.07. The van der Waals surface area contributed by atoms with Gasteiger partial charge >= 0.3 is 0 Å². The van der Waals surface area contributed by atoms with Crippen molar-refractivity contribution < 1.29 is 13.6 Å². The highest BCUT2D eigenvalue weighted by Gasteiger charge is 2.26. The lowest BCUT2D eigenvalue weighted by Gasteiger charge is -2.23. The first kappa shape index (κ1) is 13.6. The standard InChI is InChI=1S/C12H15F2N3O2/c1-17-11(18)5-8-4-7(2-3-9(8)16-17)12(19)15-6-10(13)14/h5,7,10H,2-4,6H2,1H3,(H,15,19). The van der Waals surface area contributed by atoms with Crippen molar-refractivity contribution in [2.45, 2.75) is 25.7 Å². The molecule has 7 heteroatoms. The maximum absolute atomic E-state index is 12.0. The molecule has 1 aliphatic carbocycles. The summed E-state index contributed by atoms with van der Waals surface area (Å²) in [6.07, 6.45) is -1.02. The van der Waals surface area contributed by atoms with Gasteiger partial charge in [-0.15, -0.1) is 0 Å². The maximum atomic E-state index is 12.0. The summed E-state index contributed by atoms with van der Waals surface area (Å²) in [5.74, 6) is -0.744. The normalized spacial score (nSPS) is 18.2. The van der Waals surface area contributed by atoms with Crippen molar-refractivity contribution in [3.8, 4) is 0 Å². The molecule has 0 spiro atoms. The minimum absolute atomic E-state index is 0.229. The summed E-state index contributed by atoms with van der Waals surface area (Å²) < 4.78 is 25.3. The number of fused-ring (bicyclic) bond motifs is 1. The number of alkyl halides is 2. The minimum Gasteiger partial charge on any atom is -0.350 e. The van der Waals surface area contributed by atoms with Gasteiger partial charge in [0.05, 0.1) is 12.2 Å². The first-order valence-electron chi connectivity index (χ1n) is 6.09. The molecule has 1 aliphatic rings. The van der Waals surface area contributed by atoms with Crippen molar-refractivity contribution in [3.05, 3.63) is 27.7 Å². The van der Waals surface area contributed by atoms with Crippen LogP contribution in [0.15, 0.2) is 10.9 Å². The lowest BCUT2D eigenvalue weighted by molar-refractivity contribution is -0.126. The maximum Gasteiger partial charge on any atom is 0.266 e. The molecule has 0 aliphatic heterocycles. The van der Waals surface area contributed by atoms with E-state index in [1.54, 1.807) is 7.05 Å². The Morgan fingerprint density at radius 3 is 3.05 bits per heavy atom. The van der Waals surface area contributed by atoms with Crippen molar-refractivity contribution in [3.63, 3.8) is 0 Å². The number of hydrogen-bond acceptors (Lipinski definition) is 3. The summed E-state index contributed by atoms with van der Waals surface area (Å²) in [6, 6.07) is 1.47. The zero-order valence-corrected chi connectivity index (χ0v) is 10.5. The predicted molar refractivity (Wildman–Crippen MR) is 64.0 cm³/mol. The van der Waals surface area contributed by atoms with Gasteiger partial charge in [-0.3, -0.25) is 9.59 Å². The zero-order valence-electron chi connectivity index (χ0n) is 10.5. The fourth-order valence-electron chi connectivity index (χ4n) is 2.23. The van der Waals surface area contributed by atoms with E-state index in [4.69, 9.17) is 0 Å². The van der Waals surface area contributed by atoms with Crippen molar-refractivity contribution in [2.75, 3.05) is 6.54 Å². The van der Waals surface area contributed by atoms with Gasteiger partial charge in [0, 0.05) is 19.0 Å². The number of aryl methyl sites for hydroxylation is 2. The largest absolute Gasteiger partial charge is 0.350 e. The van der Waals surface area contributed by atoms with E-state index >= 15 is 0 Å². The van der Waals surface area contributed by atoms with E-state index in [0.29, 0.717) is 19.3 Å². The molecule has 0 aromatic carbocycles. The molecule has 5 nitrogen and oxygen atoms in total. The van der Waals surface area contributed by atoms with Crippen molar-refractivity contribution in [1.82, 2.24) is 15.1 Å². The van der Waals surface area contributed by atoms with Crippen LogP contribution in [0, 0.1) is 5.92 Å². The van der Waals surface area contributed by atoms with E-state index in [-0.39, 0.29) is 17.4 Å². The average molecular weight is 271 g/mol. The molecule has 104 valence electrons. The lowest BCUT2D eigenvalue weighted by Crippen LogP contribution is -2.37. The van der Waals surface area contributed by atoms with Gasteiger partial charge in [-0.25, -0.2) is 13.5 Å². The van der Waals surface area contributed by atoms with Crippen LogP contribution in [0.3, 0.4) is 0 Å². The van der Waals surface area contributed by atoms with Gasteiger partial charge in [0.25, 0.3) is 12.0 Å². The van der Waals surface area contributed by atoms with Crippen LogP contribution < -0.4 is 10.9 Å². The predicted octanol–water partition coefficient (Wildman–Crippen LogP) is 0.266. The third kappa shape index (κ3) is 3.15. The molecule has 2 rings (SSSR count). The quantitative estimate of drug-likeness (QED) is 0.858. The first-order chi connectivity index (χ1) is 8.97. The molecule has 0 saturated carbocycles. The molecule has 1 unspecified atom stereocenters. The molecule has 0 bridgehead atoms. The van der Waals surface area contributed by atoms with Gasteiger partial charge in [-0.1, -0.05) is 0 Å². The number of carbonyl (C=O) groups is 1. The molecular weight excluding hydrogens is 256 g/mol. The summed E-state index contributed by atoms with van der Waals surface area (Å²) >= 11 is 0. The van der Waals surface area contributed by atoms with Gasteiger partial charge in [0.1, 0.15) is 0 Å². The highest BCUT2D eigenvalue weighted by molar-refractivity contribution is 5.79. The third-order valence-corrected chi connectivity index (χ3v) is 3.26. The number of nitrogens with zero attached hydrogens (tertiary/aromatic N) is 2. The molecule has 0 saturated heterocycles. The second-order valence-electron chi connectivity index (χ2n) is 4.65. The topological polar surface area (TPSA) is 64.0 Å². The van der Waals surface area contributed by atoms with Crippen molar-refractivity contribution in [1.29, 1.82) is 0 Å². The summed E-state index contributed by atoms with van der Waals surface area (Å²) in [6.45, 7) is -0.628. The van der Waals surface area contributed by atoms with Crippen LogP contribution in [0.4, 0.5) is 8.78 Å². The van der Waals surface area contributed by atoms with Gasteiger partial charge in [0.15, 0.2) is 0 Å². The Labute approximate surface area is 108 Å². The Bertz CT molecular complexity index is 542. The molecule has 1 aromatic heterocycles. The molecule has 1 aromatic rings. The second-order valence-corrected chi connectivity index (χ2v) is 4.65. The molecule has 1 amide bonds. The van der Waals surface area contributed by atoms with E-state index in [1.165, 1.54) is 10.7 Å². The Morgan fingerprint density at radius 2 is 2.37 bits per heavy atom. The summed E-state index contributed by atoms with van der Waals surface area (Å²) in [7, 11) is 1.57. The Kier molecular flexibility index (Phi) is 3.92. The highest BCUT2D eigenvalue weighted by atomic mass is 19.3. The molecule has 0 radical (unpaired) electrons. The van der Waals surface area contributed by atoms with Crippen LogP contribution in [0.2, 0.25) is 0 Å². The van der Waals surface area contributed by atoms with E-state index in [0.717, 1.165) is 11.3 Å². The number of aromatic nitrogens is 2. The smallest absolute Gasteiger partial charge is 0.266 e. The van der Waals surface area contributed by atoms with Crippen LogP contribution in [0.25, 0.3) is 0 Å². The number of carbonyl (C=O) groups excluding carboxylic acids is 1. The number of rotatable bonds is 3. The molecular formula is C12H15F2N3O2. The second kappa shape index (κ2) is 5.46. The SMILES string of the molecule is Cn1nc2c(cc1=O)CC(C(=O)NCC(F)F)CC2. The third-order valence-electron chi connectivity index (χ3n) is 3.26. The van der Waals surface area contributed by atoms with Crippen LogP contribution in [0.5, 0.6) is 0 Å². The fraction of sp³-hybridized carbons (Fsp3) is 0.583. The van der Waals surface area contributed by atoms with Gasteiger partial charge in [0.2, 0.25) is 5.91 Å². The van der Waals surface area contributed by atoms with Crippen LogP contribution in [-0.2, 0) is 24.7 Å². The summed E-state index contributed by atoms with van der Waals surface area (Å²) in [5, 5.41) is 6.35. The molecule has 1 atom stereocenters. The van der Waals surface area contributed by atoms with Gasteiger partial charge < -0.3 is 5.32 Å². The summed E-state index contributed by atoms with van der Waals surface area (Å²) in [5.41, 5.74) is 1.32. The molecule has 1 heterocycles. The number of nitrogens with one attached hydrogen (secondary N) is 1. The average Bonchev–Trinajstić information content (AvgIpc) is 2.36. The zero-order chi connectivity index (χ0) is 14.0. The lowest BCUT2D eigenvalue weighted by atomic mass is 9.86. The van der Waals surface area contributed by atoms with E-state index in [1.807, 2.05) is 0 Å². The number of halogens is 2. The number of amides is 1. The number of hydrogen-bond donors (Lipinski definition) is 1. The molecule has 19 heavy (non-hydrogen) atoms. The Hall–Kier alpha value is -1.79. The van der Waals surface area contributed by atoms with E-state index in [9.17, 15) is 18.4 Å². The molecule has 1 N–H and O–H groups in total. The summed E-state index contributed by atoms with van der Waals surface area (Å²) in [4.78, 5) is 23.2. The van der Waals surface area contributed by atoms with Crippen molar-refractivity contribution in [2.24, 2.45) is 13.0 Å². The monoisotopic (exact) mass is 271 g/mol. The van der Waals surface area contributed by atoms with Gasteiger partial charge in [-0.2, -0.15) is 5.10 Å². The minimum atomic E-state index is -2.55. The first-order valence-corrected chi connectivity index (χ1v) is 6.09. The van der Waals surface area contributed by atoms with Crippen molar-refractivity contribution >= 4 is 5.91 Å². The Morgan fingerprint density at radius 1 is 1.63 bits per heavy atom.